The Hall–Kier alpha value is -4.21. The molecule has 0 unspecified atom stereocenters. The van der Waals surface area contributed by atoms with Crippen LogP contribution >= 0.6 is 0 Å². The minimum Gasteiger partial charge on any atom is -0.497 e. The Kier molecular flexibility index (Phi) is 5.03. The molecule has 2 aromatic carbocycles. The SMILES string of the molecule is COc1ccc2cc(C(=O)NNC(=O)c3cccc([N+](=O)[O-])c3)c(=O)oc2c1. The molecule has 2 N–H and O–H groups in total. The van der Waals surface area contributed by atoms with E-state index in [1.807, 2.05) is 0 Å². The maximum absolute atomic E-state index is 12.2. The third-order valence-electron chi connectivity index (χ3n) is 3.80. The fourth-order valence-corrected chi connectivity index (χ4v) is 2.39. The van der Waals surface area contributed by atoms with Gasteiger partial charge in [-0.1, -0.05) is 6.07 Å². The highest BCUT2D eigenvalue weighted by atomic mass is 16.6. The van der Waals surface area contributed by atoms with Gasteiger partial charge in [0.15, 0.2) is 0 Å². The summed E-state index contributed by atoms with van der Waals surface area (Å²) in [5.74, 6) is -1.20. The largest absolute Gasteiger partial charge is 0.497 e. The fourth-order valence-electron chi connectivity index (χ4n) is 2.39. The van der Waals surface area contributed by atoms with E-state index in [-0.39, 0.29) is 22.4 Å². The van der Waals surface area contributed by atoms with Gasteiger partial charge in [0.05, 0.1) is 12.0 Å². The van der Waals surface area contributed by atoms with Gasteiger partial charge >= 0.3 is 5.63 Å². The molecule has 0 saturated carbocycles. The Bertz CT molecular complexity index is 1150. The molecule has 142 valence electrons. The second kappa shape index (κ2) is 7.58. The van der Waals surface area contributed by atoms with Crippen LogP contribution in [0.25, 0.3) is 11.0 Å². The first-order valence-corrected chi connectivity index (χ1v) is 7.86. The van der Waals surface area contributed by atoms with Crippen LogP contribution in [0.5, 0.6) is 5.75 Å². The lowest BCUT2D eigenvalue weighted by molar-refractivity contribution is -0.384. The highest BCUT2D eigenvalue weighted by molar-refractivity contribution is 6.00. The second-order valence-electron chi connectivity index (χ2n) is 5.57. The van der Waals surface area contributed by atoms with Gasteiger partial charge in [-0.05, 0) is 24.3 Å². The summed E-state index contributed by atoms with van der Waals surface area (Å²) in [6.07, 6.45) is 0. The van der Waals surface area contributed by atoms with Crippen LogP contribution in [0.1, 0.15) is 20.7 Å². The van der Waals surface area contributed by atoms with Crippen LogP contribution in [-0.4, -0.2) is 23.8 Å². The number of nitrogens with zero attached hydrogens (tertiary/aromatic N) is 1. The van der Waals surface area contributed by atoms with Gasteiger partial charge in [0.2, 0.25) is 0 Å². The zero-order valence-corrected chi connectivity index (χ0v) is 14.4. The summed E-state index contributed by atoms with van der Waals surface area (Å²) in [6.45, 7) is 0. The molecule has 1 heterocycles. The van der Waals surface area contributed by atoms with Crippen molar-refractivity contribution in [3.8, 4) is 5.75 Å². The van der Waals surface area contributed by atoms with Crippen molar-refractivity contribution in [3.63, 3.8) is 0 Å². The van der Waals surface area contributed by atoms with Crippen LogP contribution in [0.2, 0.25) is 0 Å². The molecule has 0 saturated heterocycles. The summed E-state index contributed by atoms with van der Waals surface area (Å²) >= 11 is 0. The van der Waals surface area contributed by atoms with Gasteiger partial charge in [0.25, 0.3) is 17.5 Å². The van der Waals surface area contributed by atoms with Crippen molar-refractivity contribution >= 4 is 28.5 Å². The van der Waals surface area contributed by atoms with Gasteiger partial charge < -0.3 is 9.15 Å². The number of methoxy groups -OCH3 is 1. The first-order chi connectivity index (χ1) is 13.4. The number of rotatable bonds is 4. The van der Waals surface area contributed by atoms with Gasteiger partial charge in [0.1, 0.15) is 16.9 Å². The molecule has 2 amide bonds. The van der Waals surface area contributed by atoms with E-state index < -0.39 is 22.4 Å². The quantitative estimate of drug-likeness (QED) is 0.397. The van der Waals surface area contributed by atoms with E-state index in [1.54, 1.807) is 12.1 Å². The summed E-state index contributed by atoms with van der Waals surface area (Å²) in [4.78, 5) is 46.5. The highest BCUT2D eigenvalue weighted by Crippen LogP contribution is 2.20. The van der Waals surface area contributed by atoms with E-state index in [0.717, 1.165) is 6.07 Å². The molecule has 0 aliphatic carbocycles. The van der Waals surface area contributed by atoms with E-state index in [0.29, 0.717) is 11.1 Å². The summed E-state index contributed by atoms with van der Waals surface area (Å²) in [5.41, 5.74) is 2.88. The lowest BCUT2D eigenvalue weighted by Crippen LogP contribution is -2.43. The number of fused-ring (bicyclic) bond motifs is 1. The van der Waals surface area contributed by atoms with Crippen LogP contribution in [0.3, 0.4) is 0 Å². The molecule has 0 aliphatic heterocycles. The Morgan fingerprint density at radius 2 is 1.82 bits per heavy atom. The normalized spacial score (nSPS) is 10.3. The third-order valence-corrected chi connectivity index (χ3v) is 3.80. The molecule has 0 radical (unpaired) electrons. The summed E-state index contributed by atoms with van der Waals surface area (Å²) in [5, 5.41) is 11.2. The number of hydrogen-bond donors (Lipinski definition) is 2. The molecule has 3 aromatic rings. The smallest absolute Gasteiger partial charge is 0.349 e. The summed E-state index contributed by atoms with van der Waals surface area (Å²) < 4.78 is 10.1. The molecule has 0 atom stereocenters. The van der Waals surface area contributed by atoms with Crippen LogP contribution in [0, 0.1) is 10.1 Å². The molecule has 3 rings (SSSR count). The zero-order chi connectivity index (χ0) is 20.3. The number of carbonyl (C=O) groups is 2. The van der Waals surface area contributed by atoms with E-state index in [2.05, 4.69) is 10.9 Å². The number of nitro benzene ring substituents is 1. The Labute approximate surface area is 156 Å². The van der Waals surface area contributed by atoms with Crippen LogP contribution in [0.15, 0.2) is 57.7 Å². The minimum absolute atomic E-state index is 0.0351. The number of ether oxygens (including phenoxy) is 1. The Morgan fingerprint density at radius 1 is 1.07 bits per heavy atom. The maximum atomic E-state index is 12.2. The van der Waals surface area contributed by atoms with E-state index in [4.69, 9.17) is 9.15 Å². The van der Waals surface area contributed by atoms with Gasteiger partial charge in [0, 0.05) is 29.1 Å². The molecule has 28 heavy (non-hydrogen) atoms. The molecule has 0 aliphatic rings. The molecule has 10 heteroatoms. The van der Waals surface area contributed by atoms with Crippen molar-refractivity contribution in [3.05, 3.63) is 80.2 Å². The maximum Gasteiger partial charge on any atom is 0.349 e. The topological polar surface area (TPSA) is 141 Å². The van der Waals surface area contributed by atoms with E-state index in [9.17, 15) is 24.5 Å². The summed E-state index contributed by atoms with van der Waals surface area (Å²) in [7, 11) is 1.46. The predicted octanol–water partition coefficient (Wildman–Crippen LogP) is 1.78. The molecule has 0 bridgehead atoms. The zero-order valence-electron chi connectivity index (χ0n) is 14.4. The third kappa shape index (κ3) is 3.80. The number of hydrogen-bond acceptors (Lipinski definition) is 7. The predicted molar refractivity (Wildman–Crippen MR) is 97.1 cm³/mol. The standard InChI is InChI=1S/C18H13N3O7/c1-27-13-6-5-10-8-14(18(24)28-15(10)9-13)17(23)20-19-16(22)11-3-2-4-12(7-11)21(25)26/h2-9H,1H3,(H,19,22)(H,20,23). The minimum atomic E-state index is -0.900. The number of benzene rings is 2. The van der Waals surface area contributed by atoms with Gasteiger partial charge in [-0.15, -0.1) is 0 Å². The number of nitrogens with one attached hydrogen (secondary N) is 2. The van der Waals surface area contributed by atoms with E-state index in [1.165, 1.54) is 37.4 Å². The second-order valence-corrected chi connectivity index (χ2v) is 5.57. The lowest BCUT2D eigenvalue weighted by atomic mass is 10.1. The Morgan fingerprint density at radius 3 is 2.54 bits per heavy atom. The average molecular weight is 383 g/mol. The highest BCUT2D eigenvalue weighted by Gasteiger charge is 2.16. The molecule has 10 nitrogen and oxygen atoms in total. The fraction of sp³-hybridized carbons (Fsp3) is 0.0556. The number of non-ortho nitro benzene ring substituents is 1. The summed E-state index contributed by atoms with van der Waals surface area (Å²) in [6, 6.07) is 11.0. The Balaban J connectivity index is 1.77. The van der Waals surface area contributed by atoms with Crippen LogP contribution in [-0.2, 0) is 0 Å². The molecular formula is C18H13N3O7. The number of amides is 2. The van der Waals surface area contributed by atoms with Crippen molar-refractivity contribution < 1.29 is 23.7 Å². The molecule has 0 fully saturated rings. The first kappa shape index (κ1) is 18.6. The van der Waals surface area contributed by atoms with Crippen molar-refractivity contribution in [1.82, 2.24) is 10.9 Å². The first-order valence-electron chi connectivity index (χ1n) is 7.86. The average Bonchev–Trinajstić information content (AvgIpc) is 2.70. The van der Waals surface area contributed by atoms with Crippen molar-refractivity contribution in [1.29, 1.82) is 0 Å². The number of hydrazine groups is 1. The van der Waals surface area contributed by atoms with Crippen molar-refractivity contribution in [2.75, 3.05) is 7.11 Å². The monoisotopic (exact) mass is 383 g/mol. The number of nitro groups is 1. The lowest BCUT2D eigenvalue weighted by Gasteiger charge is -2.07. The molecule has 1 aromatic heterocycles. The number of carbonyl (C=O) groups excluding carboxylic acids is 2. The molecular weight excluding hydrogens is 370 g/mol. The van der Waals surface area contributed by atoms with Gasteiger partial charge in [-0.2, -0.15) is 0 Å². The van der Waals surface area contributed by atoms with Crippen LogP contribution < -0.4 is 21.2 Å². The van der Waals surface area contributed by atoms with Gasteiger partial charge in [-0.25, -0.2) is 4.79 Å². The van der Waals surface area contributed by atoms with Crippen molar-refractivity contribution in [2.45, 2.75) is 0 Å². The van der Waals surface area contributed by atoms with Gasteiger partial charge in [-0.3, -0.25) is 30.6 Å². The van der Waals surface area contributed by atoms with Crippen molar-refractivity contribution in [2.24, 2.45) is 0 Å². The van der Waals surface area contributed by atoms with Crippen LogP contribution in [0.4, 0.5) is 5.69 Å². The molecule has 0 spiro atoms. The van der Waals surface area contributed by atoms with E-state index >= 15 is 0 Å².